The van der Waals surface area contributed by atoms with E-state index in [-0.39, 0.29) is 12.5 Å². The summed E-state index contributed by atoms with van der Waals surface area (Å²) in [6.07, 6.45) is 0. The number of ether oxygens (including phenoxy) is 1. The van der Waals surface area contributed by atoms with Crippen LogP contribution in [0.4, 0.5) is 0 Å². The molecule has 1 N–H and O–H groups in total. The van der Waals surface area contributed by atoms with Crippen LogP contribution in [0.25, 0.3) is 11.0 Å². The number of rotatable bonds is 6. The van der Waals surface area contributed by atoms with Crippen molar-refractivity contribution in [2.24, 2.45) is 0 Å². The summed E-state index contributed by atoms with van der Waals surface area (Å²) in [6, 6.07) is 7.77. The number of nitrogens with one attached hydrogen (secondary N) is 1. The minimum absolute atomic E-state index is 0.0716. The molecular weight excluding hydrogens is 268 g/mol. The van der Waals surface area contributed by atoms with Crippen LogP contribution >= 0.6 is 0 Å². The highest BCUT2D eigenvalue weighted by Crippen LogP contribution is 2.12. The summed E-state index contributed by atoms with van der Waals surface area (Å²) >= 11 is 0. The number of fused-ring (bicyclic) bond motifs is 1. The summed E-state index contributed by atoms with van der Waals surface area (Å²) < 4.78 is 8.62. The lowest BCUT2D eigenvalue weighted by atomic mass is 10.3. The van der Waals surface area contributed by atoms with Crippen LogP contribution in [0.15, 0.2) is 24.3 Å². The summed E-state index contributed by atoms with van der Waals surface area (Å²) in [7, 11) is 4.00. The molecule has 0 spiro atoms. The number of carbonyl (C=O) groups excluding carboxylic acids is 1. The van der Waals surface area contributed by atoms with Gasteiger partial charge in [0, 0.05) is 13.1 Å². The van der Waals surface area contributed by atoms with E-state index in [9.17, 15) is 4.79 Å². The lowest BCUT2D eigenvalue weighted by Crippen LogP contribution is -2.30. The van der Waals surface area contributed by atoms with Crippen molar-refractivity contribution in [1.82, 2.24) is 14.0 Å². The van der Waals surface area contributed by atoms with Gasteiger partial charge in [-0.15, -0.1) is 0 Å². The Kier molecular flexibility index (Phi) is 4.80. The summed E-state index contributed by atoms with van der Waals surface area (Å²) in [5.41, 5.74) is 2.18. The maximum Gasteiger partial charge on any atom is 0.326 e. The summed E-state index contributed by atoms with van der Waals surface area (Å²) in [6.45, 7) is 3.75. The topological polar surface area (TPSA) is 63.2 Å². The molecule has 2 aromatic rings. The Morgan fingerprint density at radius 1 is 1.24 bits per heavy atom. The highest BCUT2D eigenvalue weighted by Gasteiger charge is 2.13. The molecule has 1 heterocycles. The van der Waals surface area contributed by atoms with E-state index < -0.39 is 0 Å². The second kappa shape index (κ2) is 6.58. The van der Waals surface area contributed by atoms with Gasteiger partial charge < -0.3 is 14.2 Å². The van der Waals surface area contributed by atoms with E-state index in [2.05, 4.69) is 4.90 Å². The second-order valence-corrected chi connectivity index (χ2v) is 5.16. The molecule has 0 aliphatic heterocycles. The molecule has 1 aromatic heterocycles. The number of likely N-dealkylation sites (N-methyl/N-ethyl adjacent to an activating group) is 1. The van der Waals surface area contributed by atoms with Crippen LogP contribution in [0, 0.1) is 5.41 Å². The molecule has 6 heteroatoms. The van der Waals surface area contributed by atoms with Crippen LogP contribution in [0.3, 0.4) is 0 Å². The van der Waals surface area contributed by atoms with Crippen LogP contribution in [0.2, 0.25) is 0 Å². The van der Waals surface area contributed by atoms with Crippen molar-refractivity contribution in [2.45, 2.75) is 20.0 Å². The number of imidazole rings is 1. The standard InChI is InChI=1S/C15H22N4O2/c1-4-21-14(20)11-19-13-8-6-5-7-12(13)18(15(19)16)10-9-17(2)3/h5-8,16H,4,9-11H2,1-3H3. The van der Waals surface area contributed by atoms with Gasteiger partial charge in [-0.05, 0) is 33.2 Å². The van der Waals surface area contributed by atoms with Gasteiger partial charge in [0.1, 0.15) is 6.54 Å². The van der Waals surface area contributed by atoms with Crippen molar-refractivity contribution in [3.63, 3.8) is 0 Å². The first kappa shape index (κ1) is 15.3. The first-order valence-electron chi connectivity index (χ1n) is 7.07. The molecule has 6 nitrogen and oxygen atoms in total. The van der Waals surface area contributed by atoms with Crippen molar-refractivity contribution in [1.29, 1.82) is 5.41 Å². The van der Waals surface area contributed by atoms with Crippen LogP contribution in [0.5, 0.6) is 0 Å². The predicted octanol–water partition coefficient (Wildman–Crippen LogP) is 1.05. The average Bonchev–Trinajstić information content (AvgIpc) is 2.70. The Morgan fingerprint density at radius 3 is 2.43 bits per heavy atom. The van der Waals surface area contributed by atoms with Gasteiger partial charge >= 0.3 is 5.97 Å². The molecule has 0 saturated carbocycles. The predicted molar refractivity (Wildman–Crippen MR) is 81.0 cm³/mol. The van der Waals surface area contributed by atoms with Crippen molar-refractivity contribution in [3.8, 4) is 0 Å². The van der Waals surface area contributed by atoms with E-state index >= 15 is 0 Å². The molecular formula is C15H22N4O2. The van der Waals surface area contributed by atoms with Crippen LogP contribution in [-0.4, -0.2) is 47.3 Å². The zero-order valence-corrected chi connectivity index (χ0v) is 12.8. The molecule has 21 heavy (non-hydrogen) atoms. The molecule has 114 valence electrons. The largest absolute Gasteiger partial charge is 0.465 e. The third kappa shape index (κ3) is 3.33. The molecule has 0 radical (unpaired) electrons. The SMILES string of the molecule is CCOC(=O)Cn1c(=N)n(CCN(C)C)c2ccccc21. The van der Waals surface area contributed by atoms with Gasteiger partial charge in [0.05, 0.1) is 17.6 Å². The summed E-state index contributed by atoms with van der Waals surface area (Å²) in [4.78, 5) is 13.8. The third-order valence-electron chi connectivity index (χ3n) is 3.34. The number of aromatic nitrogens is 2. The Bertz CT molecular complexity index is 685. The van der Waals surface area contributed by atoms with Gasteiger partial charge in [0.25, 0.3) is 0 Å². The Morgan fingerprint density at radius 2 is 1.86 bits per heavy atom. The molecule has 2 rings (SSSR count). The van der Waals surface area contributed by atoms with Gasteiger partial charge in [-0.3, -0.25) is 14.8 Å². The first-order chi connectivity index (χ1) is 10.0. The number of benzene rings is 1. The molecule has 0 aliphatic carbocycles. The minimum atomic E-state index is -0.313. The highest BCUT2D eigenvalue weighted by molar-refractivity contribution is 5.78. The number of carbonyl (C=O) groups is 1. The fourth-order valence-corrected chi connectivity index (χ4v) is 2.32. The zero-order valence-electron chi connectivity index (χ0n) is 12.8. The number of nitrogens with zero attached hydrogens (tertiary/aromatic N) is 3. The fraction of sp³-hybridized carbons (Fsp3) is 0.467. The smallest absolute Gasteiger partial charge is 0.326 e. The van der Waals surface area contributed by atoms with Crippen molar-refractivity contribution in [2.75, 3.05) is 27.2 Å². The number of hydrogen-bond donors (Lipinski definition) is 1. The molecule has 0 fully saturated rings. The highest BCUT2D eigenvalue weighted by atomic mass is 16.5. The Balaban J connectivity index is 2.43. The van der Waals surface area contributed by atoms with Gasteiger partial charge in [0.15, 0.2) is 0 Å². The second-order valence-electron chi connectivity index (χ2n) is 5.16. The van der Waals surface area contributed by atoms with E-state index in [0.29, 0.717) is 18.8 Å². The molecule has 0 amide bonds. The maximum absolute atomic E-state index is 11.7. The normalized spacial score (nSPS) is 11.2. The summed E-state index contributed by atoms with van der Waals surface area (Å²) in [5, 5.41) is 8.34. The molecule has 0 atom stereocenters. The number of esters is 1. The lowest BCUT2D eigenvalue weighted by Gasteiger charge is -2.10. The average molecular weight is 290 g/mol. The number of hydrogen-bond acceptors (Lipinski definition) is 4. The van der Waals surface area contributed by atoms with Crippen LogP contribution < -0.4 is 5.62 Å². The Labute approximate surface area is 124 Å². The molecule has 0 bridgehead atoms. The molecule has 0 saturated heterocycles. The van der Waals surface area contributed by atoms with Crippen molar-refractivity contribution in [3.05, 3.63) is 29.9 Å². The third-order valence-corrected chi connectivity index (χ3v) is 3.34. The Hall–Kier alpha value is -2.08. The fourth-order valence-electron chi connectivity index (χ4n) is 2.32. The van der Waals surface area contributed by atoms with E-state index in [1.165, 1.54) is 0 Å². The minimum Gasteiger partial charge on any atom is -0.465 e. The van der Waals surface area contributed by atoms with Crippen LogP contribution in [0.1, 0.15) is 6.92 Å². The van der Waals surface area contributed by atoms with E-state index in [1.54, 1.807) is 11.5 Å². The van der Waals surface area contributed by atoms with Crippen LogP contribution in [-0.2, 0) is 22.6 Å². The molecule has 1 aromatic carbocycles. The van der Waals surface area contributed by atoms with E-state index in [4.69, 9.17) is 10.1 Å². The van der Waals surface area contributed by atoms with Gasteiger partial charge in [-0.2, -0.15) is 0 Å². The monoisotopic (exact) mass is 290 g/mol. The van der Waals surface area contributed by atoms with Gasteiger partial charge in [-0.25, -0.2) is 0 Å². The van der Waals surface area contributed by atoms with E-state index in [1.807, 2.05) is 42.9 Å². The molecule has 0 unspecified atom stereocenters. The van der Waals surface area contributed by atoms with Gasteiger partial charge in [-0.1, -0.05) is 12.1 Å². The van der Waals surface area contributed by atoms with Gasteiger partial charge in [0.2, 0.25) is 5.62 Å². The summed E-state index contributed by atoms with van der Waals surface area (Å²) in [5.74, 6) is -0.313. The zero-order chi connectivity index (χ0) is 15.4. The van der Waals surface area contributed by atoms with Crippen molar-refractivity contribution < 1.29 is 9.53 Å². The van der Waals surface area contributed by atoms with E-state index in [0.717, 1.165) is 17.6 Å². The maximum atomic E-state index is 11.7. The van der Waals surface area contributed by atoms with Crippen molar-refractivity contribution >= 4 is 17.0 Å². The molecule has 0 aliphatic rings. The quantitative estimate of drug-likeness (QED) is 0.809. The number of para-hydroxylation sites is 2. The first-order valence-corrected chi connectivity index (χ1v) is 7.07. The lowest BCUT2D eigenvalue weighted by molar-refractivity contribution is -0.143.